The molecule has 1 aromatic rings. The second-order valence-electron chi connectivity index (χ2n) is 4.44. The molecule has 1 aliphatic rings. The number of benzene rings is 1. The van der Waals surface area contributed by atoms with Gasteiger partial charge in [0.05, 0.1) is 17.0 Å². The van der Waals surface area contributed by atoms with Crippen molar-refractivity contribution in [2.24, 2.45) is 0 Å². The van der Waals surface area contributed by atoms with Gasteiger partial charge in [0.25, 0.3) is 0 Å². The number of hydrogen-bond acceptors (Lipinski definition) is 4. The molecule has 21 heavy (non-hydrogen) atoms. The van der Waals surface area contributed by atoms with Gasteiger partial charge in [-0.2, -0.15) is 4.31 Å². The van der Waals surface area contributed by atoms with Gasteiger partial charge in [-0.1, -0.05) is 11.6 Å². The summed E-state index contributed by atoms with van der Waals surface area (Å²) in [5, 5.41) is -0.246. The largest absolute Gasteiger partial charge is 0.453 e. The molecular weight excluding hydrogens is 323 g/mol. The van der Waals surface area contributed by atoms with Crippen molar-refractivity contribution in [3.63, 3.8) is 0 Å². The molecule has 0 saturated carbocycles. The number of carbonyl (C=O) groups excluding carboxylic acids is 1. The molecule has 0 radical (unpaired) electrons. The molecule has 0 atom stereocenters. The zero-order valence-corrected chi connectivity index (χ0v) is 12.8. The van der Waals surface area contributed by atoms with Crippen LogP contribution in [-0.4, -0.2) is 57.0 Å². The number of piperazine rings is 1. The van der Waals surface area contributed by atoms with Gasteiger partial charge in [0, 0.05) is 26.2 Å². The van der Waals surface area contributed by atoms with E-state index >= 15 is 0 Å². The van der Waals surface area contributed by atoms with Crippen LogP contribution in [0.4, 0.5) is 9.18 Å². The summed E-state index contributed by atoms with van der Waals surface area (Å²) in [5.41, 5.74) is 0. The maximum atomic E-state index is 13.1. The van der Waals surface area contributed by atoms with E-state index in [1.165, 1.54) is 22.4 Å². The van der Waals surface area contributed by atoms with Crippen molar-refractivity contribution in [2.75, 3.05) is 33.3 Å². The lowest BCUT2D eigenvalue weighted by Gasteiger charge is -2.33. The molecule has 0 aromatic heterocycles. The zero-order chi connectivity index (χ0) is 15.6. The Balaban J connectivity index is 2.14. The first-order chi connectivity index (χ1) is 9.86. The second kappa shape index (κ2) is 6.17. The molecule has 0 N–H and O–H groups in total. The molecule has 1 saturated heterocycles. The summed E-state index contributed by atoms with van der Waals surface area (Å²) in [5.74, 6) is -0.675. The summed E-state index contributed by atoms with van der Waals surface area (Å²) in [6.45, 7) is 0.764. The lowest BCUT2D eigenvalue weighted by Crippen LogP contribution is -2.50. The molecule has 0 aliphatic carbocycles. The van der Waals surface area contributed by atoms with E-state index in [2.05, 4.69) is 4.74 Å². The molecule has 9 heteroatoms. The highest BCUT2D eigenvalue weighted by atomic mass is 35.5. The predicted molar refractivity (Wildman–Crippen MR) is 74.1 cm³/mol. The average Bonchev–Trinajstić information content (AvgIpc) is 2.49. The van der Waals surface area contributed by atoms with Crippen molar-refractivity contribution in [2.45, 2.75) is 4.90 Å². The van der Waals surface area contributed by atoms with Crippen LogP contribution in [0.5, 0.6) is 0 Å². The lowest BCUT2D eigenvalue weighted by molar-refractivity contribution is 0.108. The highest BCUT2D eigenvalue weighted by Gasteiger charge is 2.30. The zero-order valence-electron chi connectivity index (χ0n) is 11.3. The first-order valence-corrected chi connectivity index (χ1v) is 7.96. The van der Waals surface area contributed by atoms with E-state index in [1.54, 1.807) is 0 Å². The number of rotatable bonds is 2. The van der Waals surface area contributed by atoms with E-state index in [0.717, 1.165) is 12.1 Å². The van der Waals surface area contributed by atoms with Crippen LogP contribution < -0.4 is 0 Å². The molecule has 1 fully saturated rings. The Labute approximate surface area is 127 Å². The topological polar surface area (TPSA) is 66.9 Å². The number of carbonyl (C=O) groups is 1. The Kier molecular flexibility index (Phi) is 4.70. The van der Waals surface area contributed by atoms with Gasteiger partial charge < -0.3 is 9.64 Å². The minimum Gasteiger partial charge on any atom is -0.453 e. The van der Waals surface area contributed by atoms with Crippen molar-refractivity contribution in [1.29, 1.82) is 0 Å². The summed E-state index contributed by atoms with van der Waals surface area (Å²) in [7, 11) is -2.48. The highest BCUT2D eigenvalue weighted by molar-refractivity contribution is 7.89. The molecule has 0 unspecified atom stereocenters. The summed E-state index contributed by atoms with van der Waals surface area (Å²) in [6.07, 6.45) is -0.489. The van der Waals surface area contributed by atoms with E-state index in [-0.39, 0.29) is 36.1 Å². The number of hydrogen-bond donors (Lipinski definition) is 0. The summed E-state index contributed by atoms with van der Waals surface area (Å²) < 4.78 is 43.7. The third kappa shape index (κ3) is 3.28. The van der Waals surface area contributed by atoms with Gasteiger partial charge >= 0.3 is 6.09 Å². The average molecular weight is 337 g/mol. The molecule has 0 spiro atoms. The quantitative estimate of drug-likeness (QED) is 0.822. The minimum absolute atomic E-state index is 0.0691. The third-order valence-corrected chi connectivity index (χ3v) is 5.38. The van der Waals surface area contributed by atoms with E-state index in [1.807, 2.05) is 0 Å². The summed E-state index contributed by atoms with van der Waals surface area (Å²) in [4.78, 5) is 12.7. The Morgan fingerprint density at radius 2 is 1.90 bits per heavy atom. The number of sulfonamides is 1. The molecule has 2 rings (SSSR count). The number of amides is 1. The molecule has 1 aromatic carbocycles. The van der Waals surface area contributed by atoms with Gasteiger partial charge in [-0.05, 0) is 18.2 Å². The number of methoxy groups -OCH3 is 1. The van der Waals surface area contributed by atoms with Gasteiger partial charge in [-0.3, -0.25) is 0 Å². The molecular formula is C12H14ClFN2O4S. The molecule has 116 valence electrons. The Bertz CT molecular complexity index is 645. The Morgan fingerprint density at radius 1 is 1.29 bits per heavy atom. The highest BCUT2D eigenvalue weighted by Crippen LogP contribution is 2.23. The van der Waals surface area contributed by atoms with Crippen molar-refractivity contribution in [3.05, 3.63) is 29.0 Å². The van der Waals surface area contributed by atoms with Crippen molar-refractivity contribution in [3.8, 4) is 0 Å². The number of halogens is 2. The fourth-order valence-corrected chi connectivity index (χ4v) is 3.72. The first-order valence-electron chi connectivity index (χ1n) is 6.14. The van der Waals surface area contributed by atoms with Gasteiger partial charge in [-0.15, -0.1) is 0 Å². The number of ether oxygens (including phenoxy) is 1. The molecule has 0 bridgehead atoms. The first kappa shape index (κ1) is 16.0. The third-order valence-electron chi connectivity index (χ3n) is 3.20. The SMILES string of the molecule is COC(=O)N1CCN(S(=O)(=O)c2ccc(F)c(Cl)c2)CC1. The maximum Gasteiger partial charge on any atom is 0.409 e. The van der Waals surface area contributed by atoms with Crippen LogP contribution in [-0.2, 0) is 14.8 Å². The fraction of sp³-hybridized carbons (Fsp3) is 0.417. The maximum absolute atomic E-state index is 13.1. The van der Waals surface area contributed by atoms with Crippen molar-refractivity contribution in [1.82, 2.24) is 9.21 Å². The van der Waals surface area contributed by atoms with Crippen LogP contribution >= 0.6 is 11.6 Å². The Hall–Kier alpha value is -1.38. The molecule has 1 heterocycles. The van der Waals surface area contributed by atoms with Crippen LogP contribution in [0.3, 0.4) is 0 Å². The smallest absolute Gasteiger partial charge is 0.409 e. The Morgan fingerprint density at radius 3 is 2.43 bits per heavy atom. The minimum atomic E-state index is -3.75. The molecule has 1 aliphatic heterocycles. The van der Waals surface area contributed by atoms with Crippen LogP contribution in [0.2, 0.25) is 5.02 Å². The van der Waals surface area contributed by atoms with Crippen LogP contribution in [0.25, 0.3) is 0 Å². The van der Waals surface area contributed by atoms with Gasteiger partial charge in [0.15, 0.2) is 0 Å². The van der Waals surface area contributed by atoms with E-state index in [9.17, 15) is 17.6 Å². The number of nitrogens with zero attached hydrogens (tertiary/aromatic N) is 2. The second-order valence-corrected chi connectivity index (χ2v) is 6.78. The van der Waals surface area contributed by atoms with E-state index in [4.69, 9.17) is 11.6 Å². The van der Waals surface area contributed by atoms with Crippen LogP contribution in [0.15, 0.2) is 23.1 Å². The van der Waals surface area contributed by atoms with Crippen molar-refractivity contribution < 1.29 is 22.3 Å². The monoisotopic (exact) mass is 336 g/mol. The van der Waals surface area contributed by atoms with Crippen LogP contribution in [0, 0.1) is 5.82 Å². The lowest BCUT2D eigenvalue weighted by atomic mass is 10.3. The molecule has 6 nitrogen and oxygen atoms in total. The van der Waals surface area contributed by atoms with Gasteiger partial charge in [0.1, 0.15) is 5.82 Å². The summed E-state index contributed by atoms with van der Waals surface area (Å²) >= 11 is 5.61. The van der Waals surface area contributed by atoms with Crippen LogP contribution in [0.1, 0.15) is 0 Å². The fourth-order valence-electron chi connectivity index (χ4n) is 2.03. The van der Waals surface area contributed by atoms with Gasteiger partial charge in [-0.25, -0.2) is 17.6 Å². The van der Waals surface area contributed by atoms with E-state index in [0.29, 0.717) is 0 Å². The predicted octanol–water partition coefficient (Wildman–Crippen LogP) is 1.55. The molecule has 1 amide bonds. The normalized spacial score (nSPS) is 16.8. The van der Waals surface area contributed by atoms with Crippen molar-refractivity contribution >= 4 is 27.7 Å². The van der Waals surface area contributed by atoms with E-state index < -0.39 is 21.9 Å². The standard InChI is InChI=1S/C12H14ClFN2O4S/c1-20-12(17)15-4-6-16(7-5-15)21(18,19)9-2-3-11(14)10(13)8-9/h2-3,8H,4-7H2,1H3. The van der Waals surface area contributed by atoms with Gasteiger partial charge in [0.2, 0.25) is 10.0 Å². The summed E-state index contributed by atoms with van der Waals surface area (Å²) in [6, 6.07) is 3.27.